The number of piperidine rings is 1. The van der Waals surface area contributed by atoms with Gasteiger partial charge in [0.15, 0.2) is 9.84 Å². The molecule has 2 unspecified atom stereocenters. The molecule has 0 radical (unpaired) electrons. The molecule has 0 spiro atoms. The van der Waals surface area contributed by atoms with E-state index in [1.165, 1.54) is 0 Å². The van der Waals surface area contributed by atoms with Crippen LogP contribution in [0.15, 0.2) is 35.2 Å². The molecule has 4 heteroatoms. The van der Waals surface area contributed by atoms with Gasteiger partial charge in [-0.3, -0.25) is 4.90 Å². The molecule has 3 nitrogen and oxygen atoms in total. The Balaban J connectivity index is 2.28. The van der Waals surface area contributed by atoms with Gasteiger partial charge in [0.1, 0.15) is 5.37 Å². The van der Waals surface area contributed by atoms with Gasteiger partial charge in [0.05, 0.1) is 4.90 Å². The summed E-state index contributed by atoms with van der Waals surface area (Å²) in [6.07, 6.45) is 3.68. The van der Waals surface area contributed by atoms with Crippen LogP contribution in [-0.4, -0.2) is 31.8 Å². The average molecular weight is 348 g/mol. The zero-order chi connectivity index (χ0) is 17.6. The summed E-state index contributed by atoms with van der Waals surface area (Å²) in [7, 11) is -3.36. The number of hydrogen-bond acceptors (Lipinski definition) is 3. The topological polar surface area (TPSA) is 37.4 Å². The smallest absolute Gasteiger partial charge is 0.194 e. The molecule has 1 fully saturated rings. The summed E-state index contributed by atoms with van der Waals surface area (Å²) >= 11 is 0. The van der Waals surface area contributed by atoms with Gasteiger partial charge in [-0.2, -0.15) is 0 Å². The maximum absolute atomic E-state index is 13.2. The third-order valence-corrected chi connectivity index (χ3v) is 6.81. The molecule has 24 heavy (non-hydrogen) atoms. The maximum Gasteiger partial charge on any atom is 0.194 e. The van der Waals surface area contributed by atoms with E-state index in [1.807, 2.05) is 13.0 Å². The Bertz CT molecular complexity index is 671. The van der Waals surface area contributed by atoms with E-state index in [4.69, 9.17) is 0 Å². The van der Waals surface area contributed by atoms with Crippen LogP contribution in [0.2, 0.25) is 0 Å². The first kappa shape index (κ1) is 19.0. The molecular weight excluding hydrogens is 318 g/mol. The van der Waals surface area contributed by atoms with Crippen molar-refractivity contribution in [3.63, 3.8) is 0 Å². The Morgan fingerprint density at radius 3 is 2.54 bits per heavy atom. The van der Waals surface area contributed by atoms with Gasteiger partial charge < -0.3 is 0 Å². The first-order valence-electron chi connectivity index (χ1n) is 8.90. The van der Waals surface area contributed by atoms with E-state index in [0.717, 1.165) is 32.4 Å². The molecule has 0 aromatic heterocycles. The Morgan fingerprint density at radius 2 is 1.92 bits per heavy atom. The van der Waals surface area contributed by atoms with Gasteiger partial charge in [0.2, 0.25) is 0 Å². The Labute approximate surface area is 147 Å². The standard InChI is InChI=1S/C20H29NO2S/c1-4-9-18-10-8-15-21(16-18)20(14-13-17(2)3)24(22,23)19-11-6-5-7-12-19/h5-7,11-12,17-18,20H,8,10,13-16H2,1-3H3. The van der Waals surface area contributed by atoms with Crippen molar-refractivity contribution in [2.45, 2.75) is 56.7 Å². The molecule has 0 bridgehead atoms. The summed E-state index contributed by atoms with van der Waals surface area (Å²) in [4.78, 5) is 2.59. The monoisotopic (exact) mass is 347 g/mol. The second-order valence-corrected chi connectivity index (χ2v) is 9.12. The van der Waals surface area contributed by atoms with Gasteiger partial charge in [-0.15, -0.1) is 5.92 Å². The van der Waals surface area contributed by atoms with Crippen molar-refractivity contribution < 1.29 is 8.42 Å². The van der Waals surface area contributed by atoms with Gasteiger partial charge >= 0.3 is 0 Å². The third-order valence-electron chi connectivity index (χ3n) is 4.63. The van der Waals surface area contributed by atoms with Crippen molar-refractivity contribution in [2.24, 2.45) is 11.8 Å². The zero-order valence-corrected chi connectivity index (χ0v) is 15.8. The van der Waals surface area contributed by atoms with E-state index in [2.05, 4.69) is 30.6 Å². The molecule has 1 aromatic carbocycles. The number of benzene rings is 1. The second-order valence-electron chi connectivity index (χ2n) is 7.01. The van der Waals surface area contributed by atoms with Crippen molar-refractivity contribution >= 4 is 9.84 Å². The van der Waals surface area contributed by atoms with Crippen LogP contribution < -0.4 is 0 Å². The lowest BCUT2D eigenvalue weighted by molar-refractivity contribution is 0.171. The Kier molecular flexibility index (Phi) is 6.89. The lowest BCUT2D eigenvalue weighted by Crippen LogP contribution is -2.46. The lowest BCUT2D eigenvalue weighted by Gasteiger charge is -2.36. The largest absolute Gasteiger partial charge is 0.286 e. The lowest BCUT2D eigenvalue weighted by atomic mass is 9.98. The van der Waals surface area contributed by atoms with Crippen molar-refractivity contribution in [3.8, 4) is 11.8 Å². The first-order valence-corrected chi connectivity index (χ1v) is 10.4. The normalized spacial score (nSPS) is 20.4. The van der Waals surface area contributed by atoms with Gasteiger partial charge in [-0.05, 0) is 57.2 Å². The summed E-state index contributed by atoms with van der Waals surface area (Å²) in [5.41, 5.74) is 0. The molecule has 0 saturated carbocycles. The predicted octanol–water partition coefficient (Wildman–Crippen LogP) is 3.96. The van der Waals surface area contributed by atoms with E-state index < -0.39 is 15.2 Å². The van der Waals surface area contributed by atoms with Gasteiger partial charge in [0, 0.05) is 12.5 Å². The molecule has 2 rings (SSSR count). The average Bonchev–Trinajstić information content (AvgIpc) is 2.56. The SMILES string of the molecule is CC#CC1CCCN(C(CCC(C)C)S(=O)(=O)c2ccccc2)C1. The first-order chi connectivity index (χ1) is 11.4. The van der Waals surface area contributed by atoms with E-state index in [1.54, 1.807) is 24.3 Å². The Hall–Kier alpha value is -1.31. The van der Waals surface area contributed by atoms with Crippen LogP contribution in [0.5, 0.6) is 0 Å². The van der Waals surface area contributed by atoms with Crippen LogP contribution in [0.1, 0.15) is 46.5 Å². The molecule has 0 amide bonds. The highest BCUT2D eigenvalue weighted by Crippen LogP contribution is 2.28. The minimum Gasteiger partial charge on any atom is -0.286 e. The van der Waals surface area contributed by atoms with Crippen LogP contribution >= 0.6 is 0 Å². The molecule has 2 atom stereocenters. The fraction of sp³-hybridized carbons (Fsp3) is 0.600. The van der Waals surface area contributed by atoms with Crippen LogP contribution in [0.4, 0.5) is 0 Å². The van der Waals surface area contributed by atoms with Crippen LogP contribution in [0, 0.1) is 23.7 Å². The van der Waals surface area contributed by atoms with E-state index in [9.17, 15) is 8.42 Å². The maximum atomic E-state index is 13.2. The quantitative estimate of drug-likeness (QED) is 0.731. The number of likely N-dealkylation sites (tertiary alicyclic amines) is 1. The van der Waals surface area contributed by atoms with E-state index >= 15 is 0 Å². The van der Waals surface area contributed by atoms with Gasteiger partial charge in [-0.1, -0.05) is 38.0 Å². The highest BCUT2D eigenvalue weighted by Gasteiger charge is 2.35. The molecule has 132 valence electrons. The number of rotatable bonds is 6. The highest BCUT2D eigenvalue weighted by atomic mass is 32.2. The molecular formula is C20H29NO2S. The molecule has 1 saturated heterocycles. The van der Waals surface area contributed by atoms with Crippen molar-refractivity contribution in [2.75, 3.05) is 13.1 Å². The predicted molar refractivity (Wildman–Crippen MR) is 99.2 cm³/mol. The van der Waals surface area contributed by atoms with Gasteiger partial charge in [0.25, 0.3) is 0 Å². The van der Waals surface area contributed by atoms with E-state index in [0.29, 0.717) is 17.2 Å². The molecule has 0 aliphatic carbocycles. The highest BCUT2D eigenvalue weighted by molar-refractivity contribution is 7.92. The molecule has 1 aromatic rings. The fourth-order valence-electron chi connectivity index (χ4n) is 3.37. The van der Waals surface area contributed by atoms with Crippen molar-refractivity contribution in [3.05, 3.63) is 30.3 Å². The molecule has 1 heterocycles. The van der Waals surface area contributed by atoms with Crippen molar-refractivity contribution in [1.29, 1.82) is 0 Å². The second kappa shape index (κ2) is 8.69. The fourth-order valence-corrected chi connectivity index (χ4v) is 5.25. The van der Waals surface area contributed by atoms with Crippen LogP contribution in [-0.2, 0) is 9.84 Å². The molecule has 1 aliphatic heterocycles. The minimum atomic E-state index is -3.36. The third kappa shape index (κ3) is 4.84. The number of nitrogens with zero attached hydrogens (tertiary/aromatic N) is 1. The molecule has 1 aliphatic rings. The zero-order valence-electron chi connectivity index (χ0n) is 15.0. The summed E-state index contributed by atoms with van der Waals surface area (Å²) in [5.74, 6) is 7.01. The van der Waals surface area contributed by atoms with Crippen molar-refractivity contribution in [1.82, 2.24) is 4.90 Å². The summed E-state index contributed by atoms with van der Waals surface area (Å²) in [5, 5.41) is -0.441. The van der Waals surface area contributed by atoms with Crippen LogP contribution in [0.3, 0.4) is 0 Å². The van der Waals surface area contributed by atoms with Crippen LogP contribution in [0.25, 0.3) is 0 Å². The summed E-state index contributed by atoms with van der Waals surface area (Å²) in [6, 6.07) is 8.88. The minimum absolute atomic E-state index is 0.288. The summed E-state index contributed by atoms with van der Waals surface area (Å²) in [6.45, 7) is 7.75. The number of sulfone groups is 1. The van der Waals surface area contributed by atoms with E-state index in [-0.39, 0.29) is 5.92 Å². The molecule has 0 N–H and O–H groups in total. The summed E-state index contributed by atoms with van der Waals surface area (Å²) < 4.78 is 26.5. The Morgan fingerprint density at radius 1 is 1.21 bits per heavy atom. The van der Waals surface area contributed by atoms with Gasteiger partial charge in [-0.25, -0.2) is 8.42 Å². The number of hydrogen-bond donors (Lipinski definition) is 0.